The van der Waals surface area contributed by atoms with Gasteiger partial charge in [0.05, 0.1) is 6.10 Å². The molecule has 0 aliphatic carbocycles. The summed E-state index contributed by atoms with van der Waals surface area (Å²) in [5.74, 6) is -0.696. The maximum Gasteiger partial charge on any atom is 0.273 e. The Bertz CT molecular complexity index is 451. The Morgan fingerprint density at radius 1 is 1.72 bits per heavy atom. The van der Waals surface area contributed by atoms with Gasteiger partial charge in [0.25, 0.3) is 5.91 Å². The van der Waals surface area contributed by atoms with Crippen LogP contribution < -0.4 is 5.32 Å². The molecule has 2 rings (SSSR count). The van der Waals surface area contributed by atoms with Crippen molar-refractivity contribution in [2.24, 2.45) is 0 Å². The summed E-state index contributed by atoms with van der Waals surface area (Å²) in [6.45, 7) is 2.31. The fourth-order valence-electron chi connectivity index (χ4n) is 1.89. The number of carbonyl (C=O) groups excluding carboxylic acids is 1. The van der Waals surface area contributed by atoms with Crippen molar-refractivity contribution in [3.05, 3.63) is 24.0 Å². The van der Waals surface area contributed by atoms with Crippen molar-refractivity contribution in [2.75, 3.05) is 13.2 Å². The molecule has 1 saturated heterocycles. The van der Waals surface area contributed by atoms with Crippen LogP contribution in [0.2, 0.25) is 0 Å². The molecule has 1 aromatic heterocycles. The van der Waals surface area contributed by atoms with Gasteiger partial charge in [-0.2, -0.15) is 0 Å². The highest BCUT2D eigenvalue weighted by Gasteiger charge is 2.39. The molecule has 0 saturated carbocycles. The number of rotatable bonds is 3. The van der Waals surface area contributed by atoms with E-state index in [0.29, 0.717) is 13.0 Å². The SMILES string of the molecule is CC1OCCC1(O)CNC(=O)c1ncccc1O. The van der Waals surface area contributed by atoms with Crippen LogP contribution in [0.3, 0.4) is 0 Å². The van der Waals surface area contributed by atoms with Crippen LogP contribution in [0.1, 0.15) is 23.8 Å². The summed E-state index contributed by atoms with van der Waals surface area (Å²) in [6.07, 6.45) is 1.57. The van der Waals surface area contributed by atoms with Crippen LogP contribution in [0, 0.1) is 0 Å². The Balaban J connectivity index is 1.99. The Kier molecular flexibility index (Phi) is 3.49. The van der Waals surface area contributed by atoms with Crippen LogP contribution in [0.5, 0.6) is 5.75 Å². The van der Waals surface area contributed by atoms with Gasteiger partial charge in [0.15, 0.2) is 5.69 Å². The van der Waals surface area contributed by atoms with E-state index in [1.807, 2.05) is 0 Å². The van der Waals surface area contributed by atoms with Crippen LogP contribution in [0.4, 0.5) is 0 Å². The van der Waals surface area contributed by atoms with E-state index >= 15 is 0 Å². The Labute approximate surface area is 105 Å². The number of pyridine rings is 1. The summed E-state index contributed by atoms with van der Waals surface area (Å²) >= 11 is 0. The second-order valence-electron chi connectivity index (χ2n) is 4.42. The van der Waals surface area contributed by atoms with Gasteiger partial charge in [-0.25, -0.2) is 4.98 Å². The zero-order valence-corrected chi connectivity index (χ0v) is 10.1. The third-order valence-corrected chi connectivity index (χ3v) is 3.22. The van der Waals surface area contributed by atoms with Crippen molar-refractivity contribution in [1.29, 1.82) is 0 Å². The van der Waals surface area contributed by atoms with Gasteiger partial charge in [0.2, 0.25) is 0 Å². The standard InChI is InChI=1S/C12H16N2O4/c1-8-12(17,4-6-18-8)7-14-11(16)10-9(15)3-2-5-13-10/h2-3,5,8,15,17H,4,6-7H2,1H3,(H,14,16). The smallest absolute Gasteiger partial charge is 0.273 e. The van der Waals surface area contributed by atoms with Crippen LogP contribution >= 0.6 is 0 Å². The molecule has 1 amide bonds. The Morgan fingerprint density at radius 3 is 3.11 bits per heavy atom. The minimum atomic E-state index is -1.06. The van der Waals surface area contributed by atoms with E-state index in [0.717, 1.165) is 0 Å². The normalized spacial score (nSPS) is 27.1. The molecule has 2 unspecified atom stereocenters. The van der Waals surface area contributed by atoms with Crippen LogP contribution in [0.15, 0.2) is 18.3 Å². The molecule has 1 aliphatic heterocycles. The van der Waals surface area contributed by atoms with Gasteiger partial charge in [-0.1, -0.05) is 0 Å². The lowest BCUT2D eigenvalue weighted by Gasteiger charge is -2.26. The number of hydrogen-bond acceptors (Lipinski definition) is 5. The van der Waals surface area contributed by atoms with E-state index in [1.54, 1.807) is 6.92 Å². The van der Waals surface area contributed by atoms with Crippen LogP contribution in [-0.4, -0.2) is 46.0 Å². The van der Waals surface area contributed by atoms with Gasteiger partial charge in [0.1, 0.15) is 11.4 Å². The highest BCUT2D eigenvalue weighted by Crippen LogP contribution is 2.25. The number of carbonyl (C=O) groups is 1. The van der Waals surface area contributed by atoms with Gasteiger partial charge < -0.3 is 20.3 Å². The first-order valence-electron chi connectivity index (χ1n) is 5.79. The summed E-state index contributed by atoms with van der Waals surface area (Å²) < 4.78 is 5.26. The molecule has 98 valence electrons. The molecule has 0 spiro atoms. The second kappa shape index (κ2) is 4.91. The number of ether oxygens (including phenoxy) is 1. The quantitative estimate of drug-likeness (QED) is 0.707. The third kappa shape index (κ3) is 2.44. The lowest BCUT2D eigenvalue weighted by atomic mass is 9.97. The predicted octanol–water partition coefficient (Wildman–Crippen LogP) is 0.0569. The minimum Gasteiger partial charge on any atom is -0.505 e. The van der Waals surface area contributed by atoms with E-state index in [9.17, 15) is 15.0 Å². The number of nitrogens with one attached hydrogen (secondary N) is 1. The molecule has 6 heteroatoms. The van der Waals surface area contributed by atoms with Crippen molar-refractivity contribution < 1.29 is 19.7 Å². The molecule has 6 nitrogen and oxygen atoms in total. The van der Waals surface area contributed by atoms with Gasteiger partial charge in [-0.3, -0.25) is 4.79 Å². The zero-order valence-electron chi connectivity index (χ0n) is 10.1. The first kappa shape index (κ1) is 12.8. The number of aromatic nitrogens is 1. The largest absolute Gasteiger partial charge is 0.505 e. The van der Waals surface area contributed by atoms with Gasteiger partial charge in [0, 0.05) is 25.8 Å². The highest BCUT2D eigenvalue weighted by atomic mass is 16.5. The maximum absolute atomic E-state index is 11.8. The van der Waals surface area contributed by atoms with E-state index in [4.69, 9.17) is 4.74 Å². The van der Waals surface area contributed by atoms with Crippen molar-refractivity contribution in [2.45, 2.75) is 25.0 Å². The molecule has 3 N–H and O–H groups in total. The molecule has 0 bridgehead atoms. The number of aromatic hydroxyl groups is 1. The lowest BCUT2D eigenvalue weighted by molar-refractivity contribution is -0.0252. The van der Waals surface area contributed by atoms with Gasteiger partial charge in [-0.15, -0.1) is 0 Å². The third-order valence-electron chi connectivity index (χ3n) is 3.22. The molecule has 2 atom stereocenters. The van der Waals surface area contributed by atoms with Gasteiger partial charge >= 0.3 is 0 Å². The van der Waals surface area contributed by atoms with E-state index in [2.05, 4.69) is 10.3 Å². The van der Waals surface area contributed by atoms with Crippen molar-refractivity contribution in [3.63, 3.8) is 0 Å². The zero-order chi connectivity index (χ0) is 13.2. The summed E-state index contributed by atoms with van der Waals surface area (Å²) in [5, 5.41) is 22.2. The summed E-state index contributed by atoms with van der Waals surface area (Å²) in [7, 11) is 0. The number of nitrogens with zero attached hydrogens (tertiary/aromatic N) is 1. The van der Waals surface area contributed by atoms with Crippen LogP contribution in [0.25, 0.3) is 0 Å². The molecular weight excluding hydrogens is 236 g/mol. The molecule has 1 aliphatic rings. The summed E-state index contributed by atoms with van der Waals surface area (Å²) in [5.41, 5.74) is -1.10. The van der Waals surface area contributed by atoms with E-state index < -0.39 is 11.5 Å². The Hall–Kier alpha value is -1.66. The molecule has 2 heterocycles. The molecular formula is C12H16N2O4. The first-order valence-corrected chi connectivity index (χ1v) is 5.79. The van der Waals surface area contributed by atoms with Crippen molar-refractivity contribution in [3.8, 4) is 5.75 Å². The van der Waals surface area contributed by atoms with E-state index in [-0.39, 0.29) is 24.1 Å². The number of hydrogen-bond donors (Lipinski definition) is 3. The molecule has 18 heavy (non-hydrogen) atoms. The molecule has 0 radical (unpaired) electrons. The minimum absolute atomic E-state index is 0.0485. The fraction of sp³-hybridized carbons (Fsp3) is 0.500. The molecule has 1 aromatic rings. The monoisotopic (exact) mass is 252 g/mol. The van der Waals surface area contributed by atoms with Crippen LogP contribution in [-0.2, 0) is 4.74 Å². The Morgan fingerprint density at radius 2 is 2.50 bits per heavy atom. The average Bonchev–Trinajstić information content (AvgIpc) is 2.68. The van der Waals surface area contributed by atoms with E-state index in [1.165, 1.54) is 18.3 Å². The number of amides is 1. The fourth-order valence-corrected chi connectivity index (χ4v) is 1.89. The van der Waals surface area contributed by atoms with Crippen molar-refractivity contribution in [1.82, 2.24) is 10.3 Å². The summed E-state index contributed by atoms with van der Waals surface area (Å²) in [4.78, 5) is 15.6. The lowest BCUT2D eigenvalue weighted by Crippen LogP contribution is -2.47. The first-order chi connectivity index (χ1) is 8.53. The topological polar surface area (TPSA) is 91.7 Å². The maximum atomic E-state index is 11.8. The van der Waals surface area contributed by atoms with Crippen molar-refractivity contribution >= 4 is 5.91 Å². The number of aliphatic hydroxyl groups is 1. The predicted molar refractivity (Wildman–Crippen MR) is 63.2 cm³/mol. The molecule has 0 aromatic carbocycles. The average molecular weight is 252 g/mol. The second-order valence-corrected chi connectivity index (χ2v) is 4.42. The summed E-state index contributed by atoms with van der Waals surface area (Å²) in [6, 6.07) is 2.92. The van der Waals surface area contributed by atoms with Gasteiger partial charge in [-0.05, 0) is 19.1 Å². The highest BCUT2D eigenvalue weighted by molar-refractivity contribution is 5.94. The molecule has 1 fully saturated rings.